The third-order valence-electron chi connectivity index (χ3n) is 6.92. The van der Waals surface area contributed by atoms with Crippen molar-refractivity contribution in [2.24, 2.45) is 5.92 Å². The van der Waals surface area contributed by atoms with Crippen molar-refractivity contribution in [1.29, 1.82) is 0 Å². The van der Waals surface area contributed by atoms with Gasteiger partial charge in [-0.25, -0.2) is 4.79 Å². The van der Waals surface area contributed by atoms with E-state index in [1.807, 2.05) is 13.8 Å². The van der Waals surface area contributed by atoms with E-state index in [4.69, 9.17) is 10.5 Å². The van der Waals surface area contributed by atoms with Crippen LogP contribution in [0.3, 0.4) is 0 Å². The number of amides is 1. The zero-order valence-corrected chi connectivity index (χ0v) is 21.0. The van der Waals surface area contributed by atoms with Gasteiger partial charge in [-0.3, -0.25) is 24.0 Å². The molecule has 0 radical (unpaired) electrons. The van der Waals surface area contributed by atoms with Crippen LogP contribution in [0.1, 0.15) is 56.7 Å². The first kappa shape index (κ1) is 25.2. The van der Waals surface area contributed by atoms with Crippen molar-refractivity contribution in [3.05, 3.63) is 56.2 Å². The van der Waals surface area contributed by atoms with Crippen LogP contribution < -0.4 is 21.9 Å². The molecule has 1 amide bonds. The van der Waals surface area contributed by atoms with Gasteiger partial charge in [0, 0.05) is 32.3 Å². The second-order valence-electron chi connectivity index (χ2n) is 10.0. The second kappa shape index (κ2) is 10.8. The molecule has 3 N–H and O–H groups in total. The van der Waals surface area contributed by atoms with Crippen LogP contribution in [0.25, 0.3) is 0 Å². The number of rotatable bonds is 10. The number of nitrogens with two attached hydrogens (primary N) is 1. The first-order valence-corrected chi connectivity index (χ1v) is 12.6. The number of ether oxygens (including phenoxy) is 1. The number of fused-ring (bicyclic) bond motifs is 1. The Morgan fingerprint density at radius 1 is 1.23 bits per heavy atom. The molecule has 0 saturated heterocycles. The number of carbonyl (C=O) groups excluding carboxylic acids is 1. The Morgan fingerprint density at radius 2 is 1.97 bits per heavy atom. The number of nitrogen functional groups attached to an aromatic ring is 1. The lowest BCUT2D eigenvalue weighted by atomic mass is 9.86. The topological polar surface area (TPSA) is 114 Å². The van der Waals surface area contributed by atoms with Crippen molar-refractivity contribution in [2.45, 2.75) is 64.6 Å². The molecule has 1 unspecified atom stereocenters. The quantitative estimate of drug-likeness (QED) is 0.536. The summed E-state index contributed by atoms with van der Waals surface area (Å²) in [5, 5.41) is 0. The van der Waals surface area contributed by atoms with E-state index < -0.39 is 11.2 Å². The highest BCUT2D eigenvalue weighted by molar-refractivity contribution is 5.97. The summed E-state index contributed by atoms with van der Waals surface area (Å²) >= 11 is 0. The van der Waals surface area contributed by atoms with Gasteiger partial charge in [0.15, 0.2) is 5.69 Å². The highest BCUT2D eigenvalue weighted by atomic mass is 16.5. The number of nitrogens with one attached hydrogen (secondary N) is 1. The van der Waals surface area contributed by atoms with E-state index in [9.17, 15) is 14.4 Å². The first-order chi connectivity index (χ1) is 16.8. The summed E-state index contributed by atoms with van der Waals surface area (Å²) in [7, 11) is 1.55. The maximum atomic E-state index is 13.8. The van der Waals surface area contributed by atoms with Crippen molar-refractivity contribution in [3.8, 4) is 0 Å². The number of hydrogen-bond donors (Lipinski definition) is 2. The summed E-state index contributed by atoms with van der Waals surface area (Å²) in [6.45, 7) is 4.84. The molecule has 35 heavy (non-hydrogen) atoms. The van der Waals surface area contributed by atoms with Gasteiger partial charge in [0.2, 0.25) is 5.91 Å². The number of aryl methyl sites for hydroxylation is 1. The van der Waals surface area contributed by atoms with Crippen LogP contribution in [0.15, 0.2) is 33.9 Å². The third-order valence-corrected chi connectivity index (χ3v) is 6.92. The number of aromatic amines is 1. The summed E-state index contributed by atoms with van der Waals surface area (Å²) in [6.07, 6.45) is 5.26. The zero-order chi connectivity index (χ0) is 25.1. The van der Waals surface area contributed by atoms with E-state index in [1.165, 1.54) is 20.6 Å². The number of nitrogens with zero attached hydrogens (tertiary/aromatic N) is 3. The number of aromatic nitrogens is 2. The number of benzene rings is 1. The molecule has 1 aromatic heterocycles. The van der Waals surface area contributed by atoms with Crippen molar-refractivity contribution < 1.29 is 9.53 Å². The maximum Gasteiger partial charge on any atom is 0.330 e. The molecule has 2 aliphatic rings. The lowest BCUT2D eigenvalue weighted by Gasteiger charge is -2.37. The summed E-state index contributed by atoms with van der Waals surface area (Å²) in [5.74, 6) is -0.0737. The molecular weight excluding hydrogens is 446 g/mol. The molecule has 1 heterocycles. The van der Waals surface area contributed by atoms with E-state index >= 15 is 0 Å². The maximum absolute atomic E-state index is 13.8. The number of hydrogen-bond acceptors (Lipinski definition) is 6. The van der Waals surface area contributed by atoms with Gasteiger partial charge >= 0.3 is 5.69 Å². The highest BCUT2D eigenvalue weighted by Crippen LogP contribution is 2.40. The second-order valence-corrected chi connectivity index (χ2v) is 10.0. The van der Waals surface area contributed by atoms with Crippen molar-refractivity contribution in [1.82, 2.24) is 14.5 Å². The minimum absolute atomic E-state index is 0.0119. The molecule has 2 aliphatic carbocycles. The van der Waals surface area contributed by atoms with Gasteiger partial charge in [-0.1, -0.05) is 38.1 Å². The zero-order valence-electron chi connectivity index (χ0n) is 21.0. The Morgan fingerprint density at radius 3 is 2.66 bits per heavy atom. The molecule has 0 aliphatic heterocycles. The molecule has 1 saturated carbocycles. The number of methoxy groups -OCH3 is 1. The smallest absolute Gasteiger partial charge is 0.330 e. The Bertz CT molecular complexity index is 1170. The number of anilines is 2. The fraction of sp³-hybridized carbons (Fsp3) is 0.577. The summed E-state index contributed by atoms with van der Waals surface area (Å²) < 4.78 is 6.58. The van der Waals surface area contributed by atoms with Crippen LogP contribution in [-0.2, 0) is 22.5 Å². The molecule has 190 valence electrons. The molecule has 4 rings (SSSR count). The predicted molar refractivity (Wildman–Crippen MR) is 137 cm³/mol. The van der Waals surface area contributed by atoms with Gasteiger partial charge in [0.1, 0.15) is 5.82 Å². The van der Waals surface area contributed by atoms with Crippen LogP contribution in [0.2, 0.25) is 0 Å². The van der Waals surface area contributed by atoms with E-state index in [1.54, 1.807) is 7.11 Å². The monoisotopic (exact) mass is 483 g/mol. The van der Waals surface area contributed by atoms with Gasteiger partial charge in [-0.05, 0) is 49.1 Å². The van der Waals surface area contributed by atoms with Crippen molar-refractivity contribution in [2.75, 3.05) is 37.4 Å². The highest BCUT2D eigenvalue weighted by Gasteiger charge is 2.38. The lowest BCUT2D eigenvalue weighted by molar-refractivity contribution is -0.120. The SMILES string of the molecule is COCCN(C(=O)CN(C1CC1)C1CCCc2ccccc21)c1c(N)n(CC(C)C)c(=O)[nH]c1=O. The summed E-state index contributed by atoms with van der Waals surface area (Å²) in [6, 6.07) is 9.01. The van der Waals surface area contributed by atoms with Crippen LogP contribution in [0, 0.1) is 5.92 Å². The standard InChI is InChI=1S/C26H37N5O4/c1-17(2)15-31-24(27)23(25(33)28-26(31)34)29(13-14-35-3)22(32)16-30(19-11-12-19)21-10-6-8-18-7-4-5-9-20(18)21/h4-5,7,9,17,19,21H,6,8,10-16,27H2,1-3H3,(H,28,33,34). The Hall–Kier alpha value is -2.91. The Kier molecular flexibility index (Phi) is 7.76. The number of H-pyrrole nitrogens is 1. The minimum Gasteiger partial charge on any atom is -0.383 e. The van der Waals surface area contributed by atoms with E-state index in [0.717, 1.165) is 32.1 Å². The van der Waals surface area contributed by atoms with Crippen LogP contribution >= 0.6 is 0 Å². The average molecular weight is 484 g/mol. The Labute approximate surface area is 205 Å². The normalized spacial score (nSPS) is 17.6. The van der Waals surface area contributed by atoms with Crippen molar-refractivity contribution in [3.63, 3.8) is 0 Å². The summed E-state index contributed by atoms with van der Waals surface area (Å²) in [4.78, 5) is 45.2. The number of carbonyl (C=O) groups is 1. The predicted octanol–water partition coefficient (Wildman–Crippen LogP) is 2.30. The van der Waals surface area contributed by atoms with Gasteiger partial charge in [0.05, 0.1) is 13.2 Å². The molecule has 1 aromatic carbocycles. The Balaban J connectivity index is 1.67. The molecule has 9 nitrogen and oxygen atoms in total. The van der Waals surface area contributed by atoms with Crippen LogP contribution in [-0.4, -0.2) is 53.2 Å². The van der Waals surface area contributed by atoms with Gasteiger partial charge in [-0.2, -0.15) is 0 Å². The molecular formula is C26H37N5O4. The fourth-order valence-electron chi connectivity index (χ4n) is 5.14. The van der Waals surface area contributed by atoms with Gasteiger partial charge < -0.3 is 15.4 Å². The molecule has 1 fully saturated rings. The molecule has 9 heteroatoms. The third kappa shape index (κ3) is 5.51. The van der Waals surface area contributed by atoms with Crippen molar-refractivity contribution >= 4 is 17.4 Å². The average Bonchev–Trinajstić information content (AvgIpc) is 3.67. The van der Waals surface area contributed by atoms with E-state index in [2.05, 4.69) is 34.1 Å². The van der Waals surface area contributed by atoms with E-state index in [0.29, 0.717) is 12.6 Å². The van der Waals surface area contributed by atoms with Gasteiger partial charge in [0.25, 0.3) is 5.56 Å². The molecule has 0 bridgehead atoms. The summed E-state index contributed by atoms with van der Waals surface area (Å²) in [5.41, 5.74) is 7.79. The van der Waals surface area contributed by atoms with E-state index in [-0.39, 0.29) is 49.1 Å². The van der Waals surface area contributed by atoms with Crippen LogP contribution in [0.4, 0.5) is 11.5 Å². The van der Waals surface area contributed by atoms with Crippen LogP contribution in [0.5, 0.6) is 0 Å². The first-order valence-electron chi connectivity index (χ1n) is 12.6. The molecule has 0 spiro atoms. The molecule has 1 atom stereocenters. The minimum atomic E-state index is -0.655. The lowest BCUT2D eigenvalue weighted by Crippen LogP contribution is -2.48. The van der Waals surface area contributed by atoms with Gasteiger partial charge in [-0.15, -0.1) is 0 Å². The fourth-order valence-corrected chi connectivity index (χ4v) is 5.14. The molecule has 2 aromatic rings. The largest absolute Gasteiger partial charge is 0.383 e.